The lowest BCUT2D eigenvalue weighted by atomic mass is 10.1. The minimum Gasteiger partial charge on any atom is -0.488 e. The van der Waals surface area contributed by atoms with Gasteiger partial charge in [-0.1, -0.05) is 29.4 Å². The minimum absolute atomic E-state index is 0.0995. The Morgan fingerprint density at radius 1 is 1.00 bits per heavy atom. The van der Waals surface area contributed by atoms with Crippen LogP contribution in [-0.4, -0.2) is 28.2 Å². The standard InChI is InChI=1S/C21H26F3N3O2/c1-20(2,3)29-18-10-6-15(7-11-18)12-13-27(19(25)26-28)14-16-4-8-17(9-5-16)21(22,23)24/h4-11,28H,12-14H2,1-3H3,(H2,25,26). The van der Waals surface area contributed by atoms with Crippen LogP contribution in [0.5, 0.6) is 5.75 Å². The highest BCUT2D eigenvalue weighted by atomic mass is 19.4. The van der Waals surface area contributed by atoms with Crippen molar-refractivity contribution < 1.29 is 23.1 Å². The van der Waals surface area contributed by atoms with Crippen molar-refractivity contribution in [1.82, 2.24) is 4.90 Å². The summed E-state index contributed by atoms with van der Waals surface area (Å²) < 4.78 is 43.9. The molecule has 0 aromatic heterocycles. The van der Waals surface area contributed by atoms with E-state index in [9.17, 15) is 13.2 Å². The van der Waals surface area contributed by atoms with Crippen LogP contribution in [0.1, 0.15) is 37.5 Å². The molecule has 0 spiro atoms. The molecule has 0 atom stereocenters. The Kier molecular flexibility index (Phi) is 7.00. The molecule has 0 amide bonds. The third-order valence-corrected chi connectivity index (χ3v) is 4.10. The van der Waals surface area contributed by atoms with Gasteiger partial charge in [-0.15, -0.1) is 0 Å². The normalized spacial score (nSPS) is 12.7. The highest BCUT2D eigenvalue weighted by molar-refractivity contribution is 5.77. The topological polar surface area (TPSA) is 71.1 Å². The number of hydrogen-bond acceptors (Lipinski definition) is 3. The van der Waals surface area contributed by atoms with E-state index in [4.69, 9.17) is 15.7 Å². The highest BCUT2D eigenvalue weighted by Gasteiger charge is 2.30. The first-order valence-electron chi connectivity index (χ1n) is 9.14. The zero-order valence-corrected chi connectivity index (χ0v) is 16.7. The van der Waals surface area contributed by atoms with Gasteiger partial charge in [0, 0.05) is 13.1 Å². The first-order valence-corrected chi connectivity index (χ1v) is 9.14. The van der Waals surface area contributed by atoms with Gasteiger partial charge in [0.2, 0.25) is 5.96 Å². The Balaban J connectivity index is 2.02. The first kappa shape index (κ1) is 22.4. The number of guanidine groups is 1. The summed E-state index contributed by atoms with van der Waals surface area (Å²) >= 11 is 0. The van der Waals surface area contributed by atoms with Crippen molar-refractivity contribution in [1.29, 1.82) is 0 Å². The number of benzene rings is 2. The molecule has 29 heavy (non-hydrogen) atoms. The molecule has 0 saturated carbocycles. The van der Waals surface area contributed by atoms with Gasteiger partial charge in [0.15, 0.2) is 0 Å². The maximum absolute atomic E-state index is 12.7. The minimum atomic E-state index is -4.38. The van der Waals surface area contributed by atoms with Crippen LogP contribution >= 0.6 is 0 Å². The number of ether oxygens (including phenoxy) is 1. The lowest BCUT2D eigenvalue weighted by Crippen LogP contribution is -2.38. The lowest BCUT2D eigenvalue weighted by molar-refractivity contribution is -0.137. The summed E-state index contributed by atoms with van der Waals surface area (Å²) in [6.45, 7) is 6.56. The van der Waals surface area contributed by atoms with Crippen molar-refractivity contribution in [2.75, 3.05) is 6.54 Å². The second-order valence-corrected chi connectivity index (χ2v) is 7.68. The number of oxime groups is 1. The van der Waals surface area contributed by atoms with Crippen LogP contribution in [0.2, 0.25) is 0 Å². The fourth-order valence-electron chi connectivity index (χ4n) is 2.70. The van der Waals surface area contributed by atoms with Crippen LogP contribution in [0.3, 0.4) is 0 Å². The average molecular weight is 409 g/mol. The van der Waals surface area contributed by atoms with E-state index in [1.54, 1.807) is 4.90 Å². The van der Waals surface area contributed by atoms with Gasteiger partial charge in [-0.2, -0.15) is 13.2 Å². The average Bonchev–Trinajstić information content (AvgIpc) is 2.64. The molecular formula is C21H26F3N3O2. The van der Waals surface area contributed by atoms with Gasteiger partial charge in [0.1, 0.15) is 11.4 Å². The van der Waals surface area contributed by atoms with E-state index in [-0.39, 0.29) is 18.1 Å². The third kappa shape index (κ3) is 7.21. The van der Waals surface area contributed by atoms with Crippen molar-refractivity contribution in [3.8, 4) is 5.75 Å². The maximum atomic E-state index is 12.7. The summed E-state index contributed by atoms with van der Waals surface area (Å²) in [7, 11) is 0. The monoisotopic (exact) mass is 409 g/mol. The molecule has 0 heterocycles. The molecule has 158 valence electrons. The molecular weight excluding hydrogens is 383 g/mol. The lowest BCUT2D eigenvalue weighted by Gasteiger charge is -2.23. The molecule has 5 nitrogen and oxygen atoms in total. The van der Waals surface area contributed by atoms with Crippen LogP contribution < -0.4 is 10.5 Å². The molecule has 0 radical (unpaired) electrons. The fourth-order valence-corrected chi connectivity index (χ4v) is 2.70. The number of halogens is 3. The second-order valence-electron chi connectivity index (χ2n) is 7.68. The number of nitrogens with zero attached hydrogens (tertiary/aromatic N) is 2. The summed E-state index contributed by atoms with van der Waals surface area (Å²) in [6.07, 6.45) is -3.78. The molecule has 0 unspecified atom stereocenters. The zero-order chi connectivity index (χ0) is 21.7. The molecule has 3 N–H and O–H groups in total. The van der Waals surface area contributed by atoms with Crippen molar-refractivity contribution in [3.63, 3.8) is 0 Å². The fraction of sp³-hybridized carbons (Fsp3) is 0.381. The van der Waals surface area contributed by atoms with Gasteiger partial charge >= 0.3 is 6.18 Å². The van der Waals surface area contributed by atoms with Crippen molar-refractivity contribution in [2.45, 2.75) is 45.5 Å². The largest absolute Gasteiger partial charge is 0.488 e. The van der Waals surface area contributed by atoms with E-state index < -0.39 is 11.7 Å². The van der Waals surface area contributed by atoms with E-state index in [0.717, 1.165) is 23.4 Å². The van der Waals surface area contributed by atoms with Gasteiger partial charge in [-0.25, -0.2) is 0 Å². The molecule has 0 fully saturated rings. The summed E-state index contributed by atoms with van der Waals surface area (Å²) in [5.41, 5.74) is 6.39. The summed E-state index contributed by atoms with van der Waals surface area (Å²) in [4.78, 5) is 1.60. The molecule has 0 saturated heterocycles. The number of alkyl halides is 3. The Hall–Kier alpha value is -2.90. The maximum Gasteiger partial charge on any atom is 0.416 e. The summed E-state index contributed by atoms with van der Waals surface area (Å²) in [6, 6.07) is 12.4. The Labute approximate surface area is 168 Å². The molecule has 2 aromatic carbocycles. The smallest absolute Gasteiger partial charge is 0.416 e. The Morgan fingerprint density at radius 2 is 1.55 bits per heavy atom. The molecule has 2 rings (SSSR count). The second kappa shape index (κ2) is 9.07. The molecule has 0 aliphatic heterocycles. The quantitative estimate of drug-likeness (QED) is 0.316. The highest BCUT2D eigenvalue weighted by Crippen LogP contribution is 2.29. The van der Waals surface area contributed by atoms with Gasteiger partial charge < -0.3 is 20.6 Å². The van der Waals surface area contributed by atoms with Gasteiger partial charge in [0.05, 0.1) is 5.56 Å². The van der Waals surface area contributed by atoms with Crippen LogP contribution in [0, 0.1) is 0 Å². The van der Waals surface area contributed by atoms with E-state index in [1.165, 1.54) is 12.1 Å². The Morgan fingerprint density at radius 3 is 2.03 bits per heavy atom. The van der Waals surface area contributed by atoms with E-state index in [2.05, 4.69) is 5.16 Å². The van der Waals surface area contributed by atoms with Crippen LogP contribution in [0.4, 0.5) is 13.2 Å². The predicted molar refractivity (Wildman–Crippen MR) is 106 cm³/mol. The molecule has 0 bridgehead atoms. The van der Waals surface area contributed by atoms with Crippen LogP contribution in [0.25, 0.3) is 0 Å². The zero-order valence-electron chi connectivity index (χ0n) is 16.7. The third-order valence-electron chi connectivity index (χ3n) is 4.10. The predicted octanol–water partition coefficient (Wildman–Crippen LogP) is 4.63. The van der Waals surface area contributed by atoms with Crippen LogP contribution in [0.15, 0.2) is 53.7 Å². The van der Waals surface area contributed by atoms with Gasteiger partial charge in [-0.3, -0.25) is 0 Å². The van der Waals surface area contributed by atoms with Crippen molar-refractivity contribution in [2.24, 2.45) is 10.9 Å². The summed E-state index contributed by atoms with van der Waals surface area (Å²) in [5.74, 6) is 0.664. The van der Waals surface area contributed by atoms with Crippen molar-refractivity contribution >= 4 is 5.96 Å². The first-order chi connectivity index (χ1) is 13.5. The number of rotatable bonds is 6. The molecule has 8 heteroatoms. The van der Waals surface area contributed by atoms with Gasteiger partial charge in [-0.05, 0) is 62.6 Å². The number of nitrogens with two attached hydrogens (primary N) is 1. The van der Waals surface area contributed by atoms with Crippen LogP contribution in [-0.2, 0) is 19.1 Å². The number of hydrogen-bond donors (Lipinski definition) is 2. The van der Waals surface area contributed by atoms with Crippen molar-refractivity contribution in [3.05, 3.63) is 65.2 Å². The molecule has 0 aliphatic carbocycles. The molecule has 0 aliphatic rings. The van der Waals surface area contributed by atoms with E-state index in [1.807, 2.05) is 45.0 Å². The SMILES string of the molecule is CC(C)(C)Oc1ccc(CCN(Cc2ccc(C(F)(F)F)cc2)/C(N)=N\O)cc1. The molecule has 2 aromatic rings. The van der Waals surface area contributed by atoms with E-state index >= 15 is 0 Å². The van der Waals surface area contributed by atoms with Gasteiger partial charge in [0.25, 0.3) is 0 Å². The summed E-state index contributed by atoms with van der Waals surface area (Å²) in [5, 5.41) is 12.1. The van der Waals surface area contributed by atoms with E-state index in [0.29, 0.717) is 18.5 Å². The Bertz CT molecular complexity index is 811.